The molecule has 598 valence electrons. The predicted octanol–water partition coefficient (Wildman–Crippen LogP) is 7.84. The van der Waals surface area contributed by atoms with Crippen molar-refractivity contribution in [2.24, 2.45) is 0 Å². The zero-order chi connectivity index (χ0) is 82.3. The summed E-state index contributed by atoms with van der Waals surface area (Å²) in [5, 5.41) is 21.4. The molecule has 0 aliphatic heterocycles. The van der Waals surface area contributed by atoms with Gasteiger partial charge in [0.1, 0.15) is 57.8 Å². The summed E-state index contributed by atoms with van der Waals surface area (Å²) in [6.45, 7) is 31.5. The third-order valence-corrected chi connectivity index (χ3v) is 12.9. The van der Waals surface area contributed by atoms with Crippen LogP contribution in [-0.4, -0.2) is 182 Å². The van der Waals surface area contributed by atoms with E-state index in [0.717, 1.165) is 12.6 Å². The lowest BCUT2D eigenvalue weighted by atomic mass is 10.1. The van der Waals surface area contributed by atoms with Crippen LogP contribution >= 0.6 is 0 Å². The highest BCUT2D eigenvalue weighted by molar-refractivity contribution is 5.94. The summed E-state index contributed by atoms with van der Waals surface area (Å²) in [5.74, 6) is -12.1. The number of urea groups is 2. The van der Waals surface area contributed by atoms with Crippen LogP contribution in [0.2, 0.25) is 0 Å². The molecule has 0 radical (unpaired) electrons. The van der Waals surface area contributed by atoms with Gasteiger partial charge in [0.15, 0.2) is 17.5 Å². The van der Waals surface area contributed by atoms with Crippen LogP contribution in [0.4, 0.5) is 38.8 Å². The van der Waals surface area contributed by atoms with Crippen molar-refractivity contribution >= 4 is 77.9 Å². The molecule has 1 aromatic carbocycles. The molecule has 3 aromatic rings. The third-order valence-electron chi connectivity index (χ3n) is 12.9. The van der Waals surface area contributed by atoms with E-state index in [1.165, 1.54) is 18.3 Å². The average Bonchev–Trinajstić information content (AvgIpc) is 0.812. The van der Waals surface area contributed by atoms with Gasteiger partial charge in [-0.05, 0) is 188 Å². The zero-order valence-electron chi connectivity index (χ0n) is 65.9. The standard InChI is InChI=1S/C33H55N5O8.C24H45N3O7.C15H13F4N2O2.CH2O2/c1-31(2,3)44-26(39)19-17-24(29(42)46-33(7,8)9)37-30(43)36-23(28(41)45-32(4,5)6)15-13-14-20-34-27(40)22-16-18-25(35-21-22)38(10,11)12;1-22(2,3)32-18(28)14-13-17(20(30)34-24(7,8)9)27-21(31)26-16(12-10-11-15-25)19(29)33-23(4,5)6;1-21(2,3)11-5-4-8(7-20-11)15(22)23-14-12(18)9(16)6-10(17)13(14)19;2-1-3/h16,18,21,23-24H,10,13-15,17,19-20H2,1-9,11-12H3,(H,34,40)(H2,36,37,43);16-17H,10-15,25H2,1-9H3,(H2,26,27,31);4-7H,1-3H3;1H,(H,2,3)/q;;+1;/t23-,24-;16-,17-;;/m00../s1. The molecule has 29 nitrogen and oxygen atoms in total. The predicted molar refractivity (Wildman–Crippen MR) is 384 cm³/mol. The minimum atomic E-state index is -1.78. The maximum absolute atomic E-state index is 13.5. The number of ether oxygens (including phenoxy) is 7. The molecule has 5 amide bonds. The van der Waals surface area contributed by atoms with Crippen molar-refractivity contribution in [2.75, 3.05) is 48.3 Å². The number of hydrogen-bond donors (Lipinski definition) is 6. The Labute approximate surface area is 620 Å². The normalized spacial score (nSPS) is 13.0. The number of halogens is 4. The average molecular weight is 1510 g/mol. The molecular weight excluding hydrogens is 1400 g/mol. The van der Waals surface area contributed by atoms with Gasteiger partial charge in [0.05, 0.1) is 38.8 Å². The van der Waals surface area contributed by atoms with Gasteiger partial charge in [-0.15, -0.1) is 7.05 Å². The van der Waals surface area contributed by atoms with E-state index in [-0.39, 0.29) is 54.1 Å². The second-order valence-corrected chi connectivity index (χ2v) is 31.7. The molecule has 33 heteroatoms. The number of carboxylic acid groups (broad SMARTS) is 1. The molecule has 0 saturated heterocycles. The van der Waals surface area contributed by atoms with Gasteiger partial charge < -0.3 is 79.9 Å². The second kappa shape index (κ2) is 42.9. The maximum Gasteiger partial charge on any atom is 0.345 e. The Kier molecular flexibility index (Phi) is 39.2. The highest BCUT2D eigenvalue weighted by Gasteiger charge is 2.35. The fraction of sp³-hybridized carbons (Fsp3) is 0.616. The molecular formula is C73H115F4N10O19+. The topological polar surface area (TPSA) is 389 Å². The first-order valence-corrected chi connectivity index (χ1v) is 34.3. The molecule has 8 N–H and O–H groups in total. The van der Waals surface area contributed by atoms with Crippen molar-refractivity contribution in [3.05, 3.63) is 84.2 Å². The molecule has 0 fully saturated rings. The molecule has 2 heterocycles. The van der Waals surface area contributed by atoms with E-state index in [4.69, 9.17) is 38.3 Å². The number of benzene rings is 1. The molecule has 0 bridgehead atoms. The van der Waals surface area contributed by atoms with Gasteiger partial charge in [-0.2, -0.15) is 8.78 Å². The smallest absolute Gasteiger partial charge is 0.345 e. The second-order valence-electron chi connectivity index (χ2n) is 31.7. The van der Waals surface area contributed by atoms with Gasteiger partial charge in [0, 0.05) is 70.5 Å². The third kappa shape index (κ3) is 42.7. The first kappa shape index (κ1) is 96.9. The van der Waals surface area contributed by atoms with Crippen molar-refractivity contribution in [1.82, 2.24) is 45.5 Å². The Balaban J connectivity index is 0.00000161. The van der Waals surface area contributed by atoms with Gasteiger partial charge >= 0.3 is 53.8 Å². The summed E-state index contributed by atoms with van der Waals surface area (Å²) in [5.41, 5.74) is -0.443. The van der Waals surface area contributed by atoms with Crippen molar-refractivity contribution in [1.29, 1.82) is 0 Å². The van der Waals surface area contributed by atoms with Crippen LogP contribution in [0.5, 0.6) is 5.75 Å². The number of esters is 7. The van der Waals surface area contributed by atoms with E-state index in [1.54, 1.807) is 137 Å². The van der Waals surface area contributed by atoms with Gasteiger partial charge in [0.2, 0.25) is 23.2 Å². The van der Waals surface area contributed by atoms with Crippen LogP contribution in [-0.2, 0) is 62.0 Å². The number of pyridine rings is 2. The van der Waals surface area contributed by atoms with Crippen molar-refractivity contribution < 1.29 is 114 Å². The molecule has 0 unspecified atom stereocenters. The first-order valence-electron chi connectivity index (χ1n) is 34.3. The number of carbonyl (C=O) groups excluding carboxylic acids is 11. The Bertz CT molecular complexity index is 3350. The van der Waals surface area contributed by atoms with E-state index in [2.05, 4.69) is 54.1 Å². The van der Waals surface area contributed by atoms with Crippen molar-refractivity contribution in [3.63, 3.8) is 0 Å². The maximum atomic E-state index is 13.5. The lowest BCUT2D eigenvalue weighted by Crippen LogP contribution is -2.53. The molecule has 4 atom stereocenters. The number of carbonyl (C=O) groups is 11. The molecule has 3 rings (SSSR count). The summed E-state index contributed by atoms with van der Waals surface area (Å²) < 4.78 is 90.6. The number of aromatic nitrogens is 2. The Morgan fingerprint density at radius 1 is 0.500 bits per heavy atom. The number of rotatable bonds is 28. The molecule has 106 heavy (non-hydrogen) atoms. The van der Waals surface area contributed by atoms with E-state index in [9.17, 15) is 65.5 Å². The summed E-state index contributed by atoms with van der Waals surface area (Å²) in [6, 6.07) is 0.562. The quantitative estimate of drug-likeness (QED) is 0.00464. The van der Waals surface area contributed by atoms with E-state index in [0.29, 0.717) is 60.5 Å². The zero-order valence-corrected chi connectivity index (χ0v) is 65.9. The monoisotopic (exact) mass is 1510 g/mol. The van der Waals surface area contributed by atoms with Gasteiger partial charge in [-0.25, -0.2) is 52.3 Å². The molecule has 0 aliphatic rings. The molecule has 2 aromatic heterocycles. The number of nitrogens with one attached hydrogen (secondary N) is 5. The van der Waals surface area contributed by atoms with Crippen LogP contribution in [0.25, 0.3) is 0 Å². The van der Waals surface area contributed by atoms with Crippen LogP contribution in [0.3, 0.4) is 0 Å². The number of nitrogens with zero attached hydrogens (tertiary/aromatic N) is 4. The van der Waals surface area contributed by atoms with Gasteiger partial charge in [-0.3, -0.25) is 18.9 Å². The summed E-state index contributed by atoms with van der Waals surface area (Å²) >= 11 is 0. The summed E-state index contributed by atoms with van der Waals surface area (Å²) in [4.78, 5) is 142. The fourth-order valence-electron chi connectivity index (χ4n) is 8.39. The van der Waals surface area contributed by atoms with Gasteiger partial charge in [0.25, 0.3) is 5.91 Å². The number of unbranched alkanes of at least 4 members (excludes halogenated alkanes) is 2. The molecule has 0 aliphatic carbocycles. The fourth-order valence-corrected chi connectivity index (χ4v) is 8.39. The van der Waals surface area contributed by atoms with Crippen molar-refractivity contribution in [3.8, 4) is 5.75 Å². The van der Waals surface area contributed by atoms with Crippen LogP contribution in [0.15, 0.2) is 42.7 Å². The number of hydrogen-bond acceptors (Lipinski definition) is 21. The van der Waals surface area contributed by atoms with Crippen LogP contribution in [0, 0.1) is 30.3 Å². The lowest BCUT2D eigenvalue weighted by Gasteiger charge is -2.30. The Morgan fingerprint density at radius 2 is 0.821 bits per heavy atom. The van der Waals surface area contributed by atoms with E-state index >= 15 is 0 Å². The number of quaternary nitrogens is 3. The highest BCUT2D eigenvalue weighted by atomic mass is 19.2. The lowest BCUT2D eigenvalue weighted by molar-refractivity contribution is -0.368. The van der Waals surface area contributed by atoms with Gasteiger partial charge in [-0.1, -0.05) is 0 Å². The van der Waals surface area contributed by atoms with E-state index < -0.39 is 147 Å². The molecule has 0 saturated carbocycles. The minimum absolute atomic E-state index is 0.0180. The Morgan fingerprint density at radius 3 is 1.12 bits per heavy atom. The largest absolute Gasteiger partial charge is 0.554 e. The van der Waals surface area contributed by atoms with Crippen LogP contribution in [0.1, 0.15) is 210 Å². The van der Waals surface area contributed by atoms with Crippen LogP contribution < -0.4 is 51.1 Å². The first-order chi connectivity index (χ1) is 48.2. The summed E-state index contributed by atoms with van der Waals surface area (Å²) in [7, 11) is 13.3. The minimum Gasteiger partial charge on any atom is -0.554 e. The number of amides is 5. The Hall–Kier alpha value is -9.11. The molecule has 0 spiro atoms. The SMILES string of the molecule is CC(C)(C)OC(=O)CC[C@H](NC(=O)N[C@@H](CCCC[NH3+])C(=O)OC(C)(C)C)C(=O)OC(C)(C)C.C[N+](C)(C)c1ccc(C(=O)Oc2c(F)c(F)cc(F)c2F)cn1.O=C[O-].[CH2-][N+](C)(C)c1ccc(C(=O)NCCCC[C@H](NC(=O)N[C@@H](CCC(=O)OC(C)(C)C)C(=O)OC(C)(C)C)C(=O)OC(C)(C)C)cn1. The van der Waals surface area contributed by atoms with Crippen molar-refractivity contribution in [2.45, 2.75) is 247 Å². The van der Waals surface area contributed by atoms with E-state index in [1.807, 2.05) is 35.2 Å². The highest BCUT2D eigenvalue weighted by Crippen LogP contribution is 2.28. The summed E-state index contributed by atoms with van der Waals surface area (Å²) in [6.07, 6.45) is 5.32.